The van der Waals surface area contributed by atoms with Crippen LogP contribution >= 0.6 is 11.6 Å². The van der Waals surface area contributed by atoms with Gasteiger partial charge in [0.25, 0.3) is 0 Å². The van der Waals surface area contributed by atoms with Gasteiger partial charge in [-0.3, -0.25) is 4.40 Å². The van der Waals surface area contributed by atoms with Crippen LogP contribution in [-0.4, -0.2) is 43.8 Å². The lowest BCUT2D eigenvalue weighted by Crippen LogP contribution is -2.28. The number of anilines is 1. The summed E-state index contributed by atoms with van der Waals surface area (Å²) in [6, 6.07) is 10.2. The number of ether oxygens (including phenoxy) is 1. The number of hydrogen-bond donors (Lipinski definition) is 1. The van der Waals surface area contributed by atoms with E-state index in [0.717, 1.165) is 37.3 Å². The van der Waals surface area contributed by atoms with Crippen molar-refractivity contribution in [3.8, 4) is 22.6 Å². The summed E-state index contributed by atoms with van der Waals surface area (Å²) in [5, 5.41) is 12.2. The molecule has 0 saturated carbocycles. The van der Waals surface area contributed by atoms with Gasteiger partial charge in [-0.15, -0.1) is 10.2 Å². The number of hydrogen-bond acceptors (Lipinski definition) is 6. The summed E-state index contributed by atoms with van der Waals surface area (Å²) in [6.45, 7) is 1.50. The third-order valence-corrected chi connectivity index (χ3v) is 5.40. The molecule has 9 heteroatoms. The second-order valence-corrected chi connectivity index (χ2v) is 7.50. The molecule has 1 aliphatic heterocycles. The molecule has 4 heterocycles. The average Bonchev–Trinajstić information content (AvgIpc) is 3.18. The smallest absolute Gasteiger partial charge is 0.223 e. The number of halogens is 2. The van der Waals surface area contributed by atoms with Crippen LogP contribution in [0.1, 0.15) is 12.8 Å². The molecule has 0 spiro atoms. The Kier molecular flexibility index (Phi) is 5.02. The van der Waals surface area contributed by atoms with Crippen LogP contribution in [0.25, 0.3) is 28.3 Å². The molecular weight excluding hydrogens is 407 g/mol. The first-order valence-corrected chi connectivity index (χ1v) is 10.0. The summed E-state index contributed by atoms with van der Waals surface area (Å²) in [7, 11) is 0. The van der Waals surface area contributed by atoms with Crippen LogP contribution in [0, 0.1) is 5.82 Å². The number of aromatic nitrogens is 5. The molecule has 1 aliphatic rings. The summed E-state index contributed by atoms with van der Waals surface area (Å²) < 4.78 is 20.6. The number of pyridine rings is 1. The van der Waals surface area contributed by atoms with Crippen LogP contribution in [0.3, 0.4) is 0 Å². The molecule has 152 valence electrons. The minimum absolute atomic E-state index is 0.285. The molecule has 1 fully saturated rings. The molecule has 30 heavy (non-hydrogen) atoms. The van der Waals surface area contributed by atoms with Gasteiger partial charge in [-0.1, -0.05) is 11.6 Å². The van der Waals surface area contributed by atoms with Crippen LogP contribution in [0.15, 0.2) is 48.8 Å². The van der Waals surface area contributed by atoms with Gasteiger partial charge < -0.3 is 10.1 Å². The summed E-state index contributed by atoms with van der Waals surface area (Å²) in [4.78, 5) is 8.99. The van der Waals surface area contributed by atoms with Gasteiger partial charge >= 0.3 is 0 Å². The predicted octanol–water partition coefficient (Wildman–Crippen LogP) is 4.24. The van der Waals surface area contributed by atoms with E-state index in [1.54, 1.807) is 12.3 Å². The van der Waals surface area contributed by atoms with Gasteiger partial charge in [0.15, 0.2) is 11.5 Å². The standard InChI is InChI=1S/C21H18ClFN6O/c22-17-12-14(23)1-2-16(17)20-28-27-19-11-13(4-8-29(19)20)18-3-7-24-21(26-18)25-15-5-9-30-10-6-15/h1-4,7-8,11-12,15H,5-6,9-10H2,(H,24,25,26). The van der Waals surface area contributed by atoms with Gasteiger partial charge in [0.1, 0.15) is 5.82 Å². The summed E-state index contributed by atoms with van der Waals surface area (Å²) in [6.07, 6.45) is 5.47. The Balaban J connectivity index is 1.45. The fourth-order valence-electron chi connectivity index (χ4n) is 3.52. The minimum Gasteiger partial charge on any atom is -0.381 e. The van der Waals surface area contributed by atoms with Gasteiger partial charge in [0, 0.05) is 42.8 Å². The monoisotopic (exact) mass is 424 g/mol. The maximum absolute atomic E-state index is 13.4. The third-order valence-electron chi connectivity index (χ3n) is 5.09. The van der Waals surface area contributed by atoms with E-state index in [1.807, 2.05) is 28.8 Å². The molecule has 5 rings (SSSR count). The lowest BCUT2D eigenvalue weighted by molar-refractivity contribution is 0.0903. The maximum atomic E-state index is 13.4. The fraction of sp³-hybridized carbons (Fsp3) is 0.238. The molecule has 3 aromatic heterocycles. The van der Waals surface area contributed by atoms with Gasteiger partial charge in [-0.05, 0) is 49.2 Å². The predicted molar refractivity (Wildman–Crippen MR) is 112 cm³/mol. The van der Waals surface area contributed by atoms with Crippen molar-refractivity contribution >= 4 is 23.2 Å². The van der Waals surface area contributed by atoms with E-state index in [0.29, 0.717) is 29.0 Å². The molecule has 0 atom stereocenters. The molecular formula is C21H18ClFN6O. The van der Waals surface area contributed by atoms with Crippen LogP contribution in [0.4, 0.5) is 10.3 Å². The molecule has 7 nitrogen and oxygen atoms in total. The molecule has 0 unspecified atom stereocenters. The largest absolute Gasteiger partial charge is 0.381 e. The number of nitrogens with zero attached hydrogens (tertiary/aromatic N) is 5. The highest BCUT2D eigenvalue weighted by Gasteiger charge is 2.16. The fourth-order valence-corrected chi connectivity index (χ4v) is 3.77. The zero-order chi connectivity index (χ0) is 20.5. The molecule has 4 aromatic rings. The van der Waals surface area contributed by atoms with Crippen molar-refractivity contribution in [1.29, 1.82) is 0 Å². The zero-order valence-electron chi connectivity index (χ0n) is 15.9. The molecule has 1 N–H and O–H groups in total. The second-order valence-electron chi connectivity index (χ2n) is 7.09. The van der Waals surface area contributed by atoms with E-state index in [-0.39, 0.29) is 5.02 Å². The topological polar surface area (TPSA) is 77.2 Å². The molecule has 0 bridgehead atoms. The van der Waals surface area contributed by atoms with Gasteiger partial charge in [-0.2, -0.15) is 0 Å². The van der Waals surface area contributed by atoms with Crippen molar-refractivity contribution < 1.29 is 9.13 Å². The minimum atomic E-state index is -0.395. The van der Waals surface area contributed by atoms with Crippen molar-refractivity contribution in [3.05, 3.63) is 59.6 Å². The number of nitrogens with one attached hydrogen (secondary N) is 1. The van der Waals surface area contributed by atoms with Crippen LogP contribution < -0.4 is 5.32 Å². The molecule has 0 aliphatic carbocycles. The van der Waals surface area contributed by atoms with Gasteiger partial charge in [0.2, 0.25) is 5.95 Å². The molecule has 1 aromatic carbocycles. The maximum Gasteiger partial charge on any atom is 0.223 e. The van der Waals surface area contributed by atoms with Crippen molar-refractivity contribution in [3.63, 3.8) is 0 Å². The summed E-state index contributed by atoms with van der Waals surface area (Å²) >= 11 is 6.19. The molecule has 0 amide bonds. The zero-order valence-corrected chi connectivity index (χ0v) is 16.7. The number of fused-ring (bicyclic) bond motifs is 1. The summed E-state index contributed by atoms with van der Waals surface area (Å²) in [5.74, 6) is 0.749. The Hall–Kier alpha value is -3.10. The lowest BCUT2D eigenvalue weighted by atomic mass is 10.1. The first kappa shape index (κ1) is 18.9. The SMILES string of the molecule is Fc1ccc(-c2nnc3cc(-c4ccnc(NC5CCOCC5)n4)ccn23)c(Cl)c1. The highest BCUT2D eigenvalue weighted by Crippen LogP contribution is 2.29. The Bertz CT molecular complexity index is 1210. The van der Waals surface area contributed by atoms with Crippen LogP contribution in [-0.2, 0) is 4.74 Å². The number of rotatable bonds is 4. The van der Waals surface area contributed by atoms with E-state index in [4.69, 9.17) is 16.3 Å². The average molecular weight is 425 g/mol. The van der Waals surface area contributed by atoms with Crippen molar-refractivity contribution in [1.82, 2.24) is 24.6 Å². The summed E-state index contributed by atoms with van der Waals surface area (Å²) in [5.41, 5.74) is 2.93. The van der Waals surface area contributed by atoms with Crippen molar-refractivity contribution in [2.24, 2.45) is 0 Å². The lowest BCUT2D eigenvalue weighted by Gasteiger charge is -2.23. The highest BCUT2D eigenvalue weighted by molar-refractivity contribution is 6.33. The van der Waals surface area contributed by atoms with Crippen LogP contribution in [0.2, 0.25) is 5.02 Å². The van der Waals surface area contributed by atoms with E-state index < -0.39 is 5.82 Å². The Morgan fingerprint density at radius 1 is 1.10 bits per heavy atom. The normalized spacial score (nSPS) is 14.9. The van der Waals surface area contributed by atoms with Crippen molar-refractivity contribution in [2.45, 2.75) is 18.9 Å². The van der Waals surface area contributed by atoms with E-state index in [1.165, 1.54) is 12.1 Å². The quantitative estimate of drug-likeness (QED) is 0.528. The van der Waals surface area contributed by atoms with Gasteiger partial charge in [0.05, 0.1) is 10.7 Å². The van der Waals surface area contributed by atoms with Gasteiger partial charge in [-0.25, -0.2) is 14.4 Å². The Labute approximate surface area is 176 Å². The van der Waals surface area contributed by atoms with Crippen LogP contribution in [0.5, 0.6) is 0 Å². The van der Waals surface area contributed by atoms with Crippen molar-refractivity contribution in [2.75, 3.05) is 18.5 Å². The van der Waals surface area contributed by atoms with E-state index >= 15 is 0 Å². The second kappa shape index (κ2) is 7.97. The third kappa shape index (κ3) is 3.71. The highest BCUT2D eigenvalue weighted by atomic mass is 35.5. The molecule has 0 radical (unpaired) electrons. The van der Waals surface area contributed by atoms with E-state index in [9.17, 15) is 4.39 Å². The first-order valence-electron chi connectivity index (χ1n) is 9.65. The Morgan fingerprint density at radius 2 is 1.97 bits per heavy atom. The first-order chi connectivity index (χ1) is 14.7. The Morgan fingerprint density at radius 3 is 2.80 bits per heavy atom. The number of benzene rings is 1. The molecule has 1 saturated heterocycles. The van der Waals surface area contributed by atoms with E-state index in [2.05, 4.69) is 25.5 Å².